The number of nitrogens with one attached hydrogen (secondary N) is 1. The number of fused-ring (bicyclic) bond motifs is 1. The first-order valence-corrected chi connectivity index (χ1v) is 7.46. The zero-order valence-corrected chi connectivity index (χ0v) is 13.5. The molecular weight excluding hydrogens is 290 g/mol. The SMILES string of the molecule is Cc1nn(C)c(C)c1NC(=O)COc1ccc2ccccc2c1. The summed E-state index contributed by atoms with van der Waals surface area (Å²) in [5, 5.41) is 9.37. The number of hydrogen-bond donors (Lipinski definition) is 1. The summed E-state index contributed by atoms with van der Waals surface area (Å²) in [5.74, 6) is 0.482. The van der Waals surface area contributed by atoms with Crippen LogP contribution >= 0.6 is 0 Å². The maximum atomic E-state index is 12.1. The van der Waals surface area contributed by atoms with Crippen molar-refractivity contribution in [2.75, 3.05) is 11.9 Å². The topological polar surface area (TPSA) is 56.2 Å². The number of aromatic nitrogens is 2. The summed E-state index contributed by atoms with van der Waals surface area (Å²) in [7, 11) is 1.85. The van der Waals surface area contributed by atoms with Crippen molar-refractivity contribution in [3.63, 3.8) is 0 Å². The summed E-state index contributed by atoms with van der Waals surface area (Å²) in [5.41, 5.74) is 2.46. The fourth-order valence-electron chi connectivity index (χ4n) is 2.54. The van der Waals surface area contributed by atoms with Crippen molar-refractivity contribution in [3.05, 3.63) is 53.9 Å². The molecule has 0 atom stereocenters. The summed E-state index contributed by atoms with van der Waals surface area (Å²) in [6.07, 6.45) is 0. The lowest BCUT2D eigenvalue weighted by molar-refractivity contribution is -0.118. The van der Waals surface area contributed by atoms with Crippen molar-refractivity contribution in [2.24, 2.45) is 7.05 Å². The molecule has 0 unspecified atom stereocenters. The molecule has 0 saturated heterocycles. The fraction of sp³-hybridized carbons (Fsp3) is 0.222. The molecule has 1 amide bonds. The first-order valence-electron chi connectivity index (χ1n) is 7.46. The van der Waals surface area contributed by atoms with Crippen LogP contribution in [0.5, 0.6) is 5.75 Å². The van der Waals surface area contributed by atoms with Crippen molar-refractivity contribution in [1.82, 2.24) is 9.78 Å². The van der Waals surface area contributed by atoms with E-state index in [0.29, 0.717) is 5.75 Å². The first-order chi connectivity index (χ1) is 11.0. The van der Waals surface area contributed by atoms with Crippen LogP contribution in [0.2, 0.25) is 0 Å². The highest BCUT2D eigenvalue weighted by Gasteiger charge is 2.12. The second kappa shape index (κ2) is 6.12. The van der Waals surface area contributed by atoms with Crippen molar-refractivity contribution in [2.45, 2.75) is 13.8 Å². The van der Waals surface area contributed by atoms with Gasteiger partial charge in [-0.3, -0.25) is 9.48 Å². The second-order valence-corrected chi connectivity index (χ2v) is 5.52. The van der Waals surface area contributed by atoms with Gasteiger partial charge in [0.25, 0.3) is 5.91 Å². The molecule has 0 spiro atoms. The average molecular weight is 309 g/mol. The minimum atomic E-state index is -0.197. The molecule has 118 valence electrons. The predicted octanol–water partition coefficient (Wildman–Crippen LogP) is 3.21. The molecule has 1 aromatic heterocycles. The zero-order valence-electron chi connectivity index (χ0n) is 13.5. The van der Waals surface area contributed by atoms with Crippen molar-refractivity contribution in [1.29, 1.82) is 0 Å². The second-order valence-electron chi connectivity index (χ2n) is 5.52. The van der Waals surface area contributed by atoms with Crippen LogP contribution in [0.4, 0.5) is 5.69 Å². The van der Waals surface area contributed by atoms with E-state index in [1.807, 2.05) is 63.4 Å². The highest BCUT2D eigenvalue weighted by Crippen LogP contribution is 2.21. The van der Waals surface area contributed by atoms with Gasteiger partial charge in [0.1, 0.15) is 5.75 Å². The molecule has 0 bridgehead atoms. The Morgan fingerprint density at radius 2 is 1.91 bits per heavy atom. The minimum absolute atomic E-state index is 0.0356. The maximum Gasteiger partial charge on any atom is 0.262 e. The van der Waals surface area contributed by atoms with Gasteiger partial charge in [-0.05, 0) is 36.8 Å². The Labute approximate surface area is 134 Å². The Hall–Kier alpha value is -2.82. The minimum Gasteiger partial charge on any atom is -0.484 e. The standard InChI is InChI=1S/C18H19N3O2/c1-12-18(13(2)21(3)20-12)19-17(22)11-23-16-9-8-14-6-4-5-7-15(14)10-16/h4-10H,11H2,1-3H3,(H,19,22). The summed E-state index contributed by atoms with van der Waals surface area (Å²) in [6, 6.07) is 13.8. The van der Waals surface area contributed by atoms with Crippen molar-refractivity contribution >= 4 is 22.4 Å². The molecule has 0 saturated carbocycles. The molecular formula is C18H19N3O2. The molecule has 2 aromatic carbocycles. The van der Waals surface area contributed by atoms with Gasteiger partial charge in [0.2, 0.25) is 0 Å². The third kappa shape index (κ3) is 3.18. The lowest BCUT2D eigenvalue weighted by Crippen LogP contribution is -2.20. The normalized spacial score (nSPS) is 10.7. The van der Waals surface area contributed by atoms with E-state index in [2.05, 4.69) is 10.4 Å². The van der Waals surface area contributed by atoms with E-state index in [0.717, 1.165) is 27.8 Å². The number of ether oxygens (including phenoxy) is 1. The van der Waals surface area contributed by atoms with Crippen LogP contribution in [-0.4, -0.2) is 22.3 Å². The van der Waals surface area contributed by atoms with E-state index in [-0.39, 0.29) is 12.5 Å². The van der Waals surface area contributed by atoms with Gasteiger partial charge in [-0.1, -0.05) is 30.3 Å². The van der Waals surface area contributed by atoms with Gasteiger partial charge in [0.15, 0.2) is 6.61 Å². The van der Waals surface area contributed by atoms with Gasteiger partial charge in [-0.25, -0.2) is 0 Å². The average Bonchev–Trinajstić information content (AvgIpc) is 2.79. The van der Waals surface area contributed by atoms with Crippen LogP contribution in [0.25, 0.3) is 10.8 Å². The number of aryl methyl sites for hydroxylation is 2. The van der Waals surface area contributed by atoms with Crippen LogP contribution in [0.3, 0.4) is 0 Å². The van der Waals surface area contributed by atoms with E-state index in [1.165, 1.54) is 0 Å². The van der Waals surface area contributed by atoms with E-state index < -0.39 is 0 Å². The number of nitrogens with zero attached hydrogens (tertiary/aromatic N) is 2. The lowest BCUT2D eigenvalue weighted by atomic mass is 10.1. The Kier molecular flexibility index (Phi) is 4.02. The summed E-state index contributed by atoms with van der Waals surface area (Å²) in [6.45, 7) is 3.75. The van der Waals surface area contributed by atoms with Crippen LogP contribution < -0.4 is 10.1 Å². The van der Waals surface area contributed by atoms with Crippen molar-refractivity contribution in [3.8, 4) is 5.75 Å². The first kappa shape index (κ1) is 15.1. The number of anilines is 1. The molecule has 0 aliphatic heterocycles. The molecule has 1 N–H and O–H groups in total. The van der Waals surface area contributed by atoms with Crippen LogP contribution in [0, 0.1) is 13.8 Å². The highest BCUT2D eigenvalue weighted by atomic mass is 16.5. The molecule has 3 rings (SSSR count). The summed E-state index contributed by atoms with van der Waals surface area (Å²) in [4.78, 5) is 12.1. The fourth-order valence-corrected chi connectivity index (χ4v) is 2.54. The third-order valence-electron chi connectivity index (χ3n) is 3.86. The van der Waals surface area contributed by atoms with Crippen molar-refractivity contribution < 1.29 is 9.53 Å². The monoisotopic (exact) mass is 309 g/mol. The third-order valence-corrected chi connectivity index (χ3v) is 3.86. The number of carbonyl (C=O) groups is 1. The molecule has 0 fully saturated rings. The molecule has 3 aromatic rings. The molecule has 0 aliphatic rings. The van der Waals surface area contributed by atoms with E-state index in [9.17, 15) is 4.79 Å². The quantitative estimate of drug-likeness (QED) is 0.805. The Balaban J connectivity index is 1.66. The van der Waals surface area contributed by atoms with Crippen LogP contribution in [0.15, 0.2) is 42.5 Å². The Bertz CT molecular complexity index is 868. The van der Waals surface area contributed by atoms with E-state index >= 15 is 0 Å². The van der Waals surface area contributed by atoms with Crippen LogP contribution in [-0.2, 0) is 11.8 Å². The Morgan fingerprint density at radius 1 is 1.17 bits per heavy atom. The van der Waals surface area contributed by atoms with E-state index in [1.54, 1.807) is 4.68 Å². The number of benzene rings is 2. The highest BCUT2D eigenvalue weighted by molar-refractivity contribution is 5.93. The van der Waals surface area contributed by atoms with Gasteiger partial charge < -0.3 is 10.1 Å². The molecule has 5 heteroatoms. The zero-order chi connectivity index (χ0) is 16.4. The number of hydrogen-bond acceptors (Lipinski definition) is 3. The molecule has 0 radical (unpaired) electrons. The molecule has 5 nitrogen and oxygen atoms in total. The van der Waals surface area contributed by atoms with Gasteiger partial charge in [-0.15, -0.1) is 0 Å². The molecule has 1 heterocycles. The number of carbonyl (C=O) groups excluding carboxylic acids is 1. The molecule has 23 heavy (non-hydrogen) atoms. The smallest absolute Gasteiger partial charge is 0.262 e. The summed E-state index contributed by atoms with van der Waals surface area (Å²) < 4.78 is 7.34. The van der Waals surface area contributed by atoms with Gasteiger partial charge in [0.05, 0.1) is 17.1 Å². The van der Waals surface area contributed by atoms with Crippen LogP contribution in [0.1, 0.15) is 11.4 Å². The van der Waals surface area contributed by atoms with Gasteiger partial charge in [0, 0.05) is 7.05 Å². The van der Waals surface area contributed by atoms with Gasteiger partial charge >= 0.3 is 0 Å². The molecule has 0 aliphatic carbocycles. The summed E-state index contributed by atoms with van der Waals surface area (Å²) >= 11 is 0. The van der Waals surface area contributed by atoms with Gasteiger partial charge in [-0.2, -0.15) is 5.10 Å². The van der Waals surface area contributed by atoms with E-state index in [4.69, 9.17) is 4.74 Å². The number of rotatable bonds is 4. The number of amides is 1. The largest absolute Gasteiger partial charge is 0.484 e. The Morgan fingerprint density at radius 3 is 2.61 bits per heavy atom. The predicted molar refractivity (Wildman–Crippen MR) is 90.8 cm³/mol. The lowest BCUT2D eigenvalue weighted by Gasteiger charge is -2.08. The maximum absolute atomic E-state index is 12.1.